The van der Waals surface area contributed by atoms with Gasteiger partial charge in [-0.15, -0.1) is 0 Å². The van der Waals surface area contributed by atoms with Crippen molar-refractivity contribution in [2.45, 2.75) is 0 Å². The topological polar surface area (TPSA) is 77.3 Å². The SMILES string of the molecule is COCCOC(=O)c1cc(N)c[nH]1. The van der Waals surface area contributed by atoms with Crippen molar-refractivity contribution in [3.05, 3.63) is 18.0 Å². The lowest BCUT2D eigenvalue weighted by Crippen LogP contribution is -2.10. The van der Waals surface area contributed by atoms with Crippen LogP contribution < -0.4 is 5.73 Å². The third-order valence-corrected chi connectivity index (χ3v) is 1.45. The molecular formula is C8H12N2O3. The smallest absolute Gasteiger partial charge is 0.354 e. The monoisotopic (exact) mass is 184 g/mol. The van der Waals surface area contributed by atoms with Crippen LogP contribution in [0.1, 0.15) is 10.5 Å². The van der Waals surface area contributed by atoms with Crippen molar-refractivity contribution in [3.8, 4) is 0 Å². The van der Waals surface area contributed by atoms with Crippen molar-refractivity contribution < 1.29 is 14.3 Å². The maximum absolute atomic E-state index is 11.2. The van der Waals surface area contributed by atoms with Crippen LogP contribution in [0.4, 0.5) is 5.69 Å². The summed E-state index contributed by atoms with van der Waals surface area (Å²) in [5, 5.41) is 0. The van der Waals surface area contributed by atoms with E-state index in [-0.39, 0.29) is 6.61 Å². The molecule has 13 heavy (non-hydrogen) atoms. The van der Waals surface area contributed by atoms with Gasteiger partial charge in [0.1, 0.15) is 12.3 Å². The molecule has 1 heterocycles. The van der Waals surface area contributed by atoms with Crippen LogP contribution >= 0.6 is 0 Å². The molecule has 1 aromatic heterocycles. The van der Waals surface area contributed by atoms with Gasteiger partial charge >= 0.3 is 5.97 Å². The molecule has 0 aliphatic carbocycles. The van der Waals surface area contributed by atoms with Gasteiger partial charge in [-0.3, -0.25) is 0 Å². The lowest BCUT2D eigenvalue weighted by atomic mass is 10.4. The fourth-order valence-electron chi connectivity index (χ4n) is 0.824. The summed E-state index contributed by atoms with van der Waals surface area (Å²) in [6.45, 7) is 0.635. The Kier molecular flexibility index (Phi) is 3.33. The molecule has 5 heteroatoms. The van der Waals surface area contributed by atoms with Crippen molar-refractivity contribution in [3.63, 3.8) is 0 Å². The number of nitrogen functional groups attached to an aromatic ring is 1. The van der Waals surface area contributed by atoms with Gasteiger partial charge in [0.05, 0.1) is 12.3 Å². The number of rotatable bonds is 4. The van der Waals surface area contributed by atoms with E-state index in [0.29, 0.717) is 18.0 Å². The van der Waals surface area contributed by atoms with E-state index in [4.69, 9.17) is 15.2 Å². The average molecular weight is 184 g/mol. The van der Waals surface area contributed by atoms with E-state index in [2.05, 4.69) is 4.98 Å². The van der Waals surface area contributed by atoms with Crippen molar-refractivity contribution in [1.29, 1.82) is 0 Å². The second-order valence-corrected chi connectivity index (χ2v) is 2.48. The number of nitrogens with two attached hydrogens (primary N) is 1. The summed E-state index contributed by atoms with van der Waals surface area (Å²) >= 11 is 0. The van der Waals surface area contributed by atoms with E-state index in [0.717, 1.165) is 0 Å². The van der Waals surface area contributed by atoms with Crippen molar-refractivity contribution in [2.75, 3.05) is 26.1 Å². The Morgan fingerprint density at radius 1 is 1.62 bits per heavy atom. The Labute approximate surface area is 75.8 Å². The number of hydrogen-bond donors (Lipinski definition) is 2. The van der Waals surface area contributed by atoms with Crippen molar-refractivity contribution in [1.82, 2.24) is 4.98 Å². The zero-order valence-electron chi connectivity index (χ0n) is 7.37. The second-order valence-electron chi connectivity index (χ2n) is 2.48. The Hall–Kier alpha value is -1.49. The largest absolute Gasteiger partial charge is 0.459 e. The number of esters is 1. The normalized spacial score (nSPS) is 9.92. The van der Waals surface area contributed by atoms with Gasteiger partial charge in [-0.05, 0) is 6.07 Å². The summed E-state index contributed by atoms with van der Waals surface area (Å²) in [7, 11) is 1.54. The Balaban J connectivity index is 2.40. The number of carbonyl (C=O) groups is 1. The van der Waals surface area contributed by atoms with Crippen LogP contribution in [-0.4, -0.2) is 31.3 Å². The number of nitrogens with one attached hydrogen (secondary N) is 1. The Bertz CT molecular complexity index is 283. The molecule has 0 unspecified atom stereocenters. The molecule has 0 amide bonds. The zero-order valence-corrected chi connectivity index (χ0v) is 7.37. The molecule has 0 spiro atoms. The summed E-state index contributed by atoms with van der Waals surface area (Å²) in [4.78, 5) is 13.9. The van der Waals surface area contributed by atoms with Crippen LogP contribution in [0.3, 0.4) is 0 Å². The molecule has 0 atom stereocenters. The van der Waals surface area contributed by atoms with E-state index in [1.807, 2.05) is 0 Å². The number of carbonyl (C=O) groups excluding carboxylic acids is 1. The maximum Gasteiger partial charge on any atom is 0.354 e. The van der Waals surface area contributed by atoms with E-state index in [9.17, 15) is 4.79 Å². The predicted molar refractivity (Wildman–Crippen MR) is 47.4 cm³/mol. The van der Waals surface area contributed by atoms with E-state index >= 15 is 0 Å². The molecule has 0 aliphatic rings. The minimum atomic E-state index is -0.422. The second kappa shape index (κ2) is 4.51. The van der Waals surface area contributed by atoms with Crippen LogP contribution in [0, 0.1) is 0 Å². The molecule has 0 radical (unpaired) electrons. The molecule has 1 rings (SSSR count). The number of aromatic amines is 1. The van der Waals surface area contributed by atoms with Gasteiger partial charge in [0.25, 0.3) is 0 Å². The van der Waals surface area contributed by atoms with Crippen LogP contribution in [0.25, 0.3) is 0 Å². The number of anilines is 1. The first-order chi connectivity index (χ1) is 6.24. The van der Waals surface area contributed by atoms with Gasteiger partial charge in [0.15, 0.2) is 0 Å². The molecule has 72 valence electrons. The van der Waals surface area contributed by atoms with E-state index < -0.39 is 5.97 Å². The lowest BCUT2D eigenvalue weighted by Gasteiger charge is -2.01. The molecule has 0 aromatic carbocycles. The van der Waals surface area contributed by atoms with Gasteiger partial charge in [-0.25, -0.2) is 4.79 Å². The van der Waals surface area contributed by atoms with Gasteiger partial charge in [-0.1, -0.05) is 0 Å². The summed E-state index contributed by atoms with van der Waals surface area (Å²) in [6.07, 6.45) is 1.53. The minimum Gasteiger partial charge on any atom is -0.459 e. The summed E-state index contributed by atoms with van der Waals surface area (Å²) < 4.78 is 9.55. The highest BCUT2D eigenvalue weighted by atomic mass is 16.6. The first kappa shape index (κ1) is 9.60. The fraction of sp³-hybridized carbons (Fsp3) is 0.375. The average Bonchev–Trinajstić information content (AvgIpc) is 2.52. The first-order valence-electron chi connectivity index (χ1n) is 3.84. The highest BCUT2D eigenvalue weighted by Crippen LogP contribution is 2.05. The maximum atomic E-state index is 11.2. The fourth-order valence-corrected chi connectivity index (χ4v) is 0.824. The van der Waals surface area contributed by atoms with Crippen molar-refractivity contribution in [2.24, 2.45) is 0 Å². The van der Waals surface area contributed by atoms with E-state index in [1.165, 1.54) is 12.3 Å². The summed E-state index contributed by atoms with van der Waals surface area (Å²) in [5.41, 5.74) is 6.28. The summed E-state index contributed by atoms with van der Waals surface area (Å²) in [5.74, 6) is -0.422. The summed E-state index contributed by atoms with van der Waals surface area (Å²) in [6, 6.07) is 1.52. The van der Waals surface area contributed by atoms with Gasteiger partial charge in [0, 0.05) is 13.3 Å². The number of aromatic nitrogens is 1. The third kappa shape index (κ3) is 2.79. The van der Waals surface area contributed by atoms with Crippen LogP contribution in [0.5, 0.6) is 0 Å². The van der Waals surface area contributed by atoms with Crippen LogP contribution in [0.15, 0.2) is 12.3 Å². The molecule has 3 N–H and O–H groups in total. The molecular weight excluding hydrogens is 172 g/mol. The number of methoxy groups -OCH3 is 1. The highest BCUT2D eigenvalue weighted by Gasteiger charge is 2.07. The van der Waals surface area contributed by atoms with Gasteiger partial charge in [0.2, 0.25) is 0 Å². The Morgan fingerprint density at radius 3 is 2.92 bits per heavy atom. The van der Waals surface area contributed by atoms with Gasteiger partial charge < -0.3 is 20.2 Å². The molecule has 5 nitrogen and oxygen atoms in total. The quantitative estimate of drug-likeness (QED) is 0.524. The minimum absolute atomic E-state index is 0.244. The standard InChI is InChI=1S/C8H12N2O3/c1-12-2-3-13-8(11)7-4-6(9)5-10-7/h4-5,10H,2-3,9H2,1H3. The van der Waals surface area contributed by atoms with Crippen LogP contribution in [0.2, 0.25) is 0 Å². The van der Waals surface area contributed by atoms with Gasteiger partial charge in [-0.2, -0.15) is 0 Å². The molecule has 0 saturated heterocycles. The number of H-pyrrole nitrogens is 1. The molecule has 0 bridgehead atoms. The predicted octanol–water partition coefficient (Wildman–Crippen LogP) is 0.400. The first-order valence-corrected chi connectivity index (χ1v) is 3.84. The number of ether oxygens (including phenoxy) is 2. The lowest BCUT2D eigenvalue weighted by molar-refractivity contribution is 0.0382. The molecule has 0 fully saturated rings. The molecule has 1 aromatic rings. The molecule has 0 aliphatic heterocycles. The zero-order chi connectivity index (χ0) is 9.68. The van der Waals surface area contributed by atoms with Crippen LogP contribution in [-0.2, 0) is 9.47 Å². The van der Waals surface area contributed by atoms with E-state index in [1.54, 1.807) is 7.11 Å². The third-order valence-electron chi connectivity index (χ3n) is 1.45. The highest BCUT2D eigenvalue weighted by molar-refractivity contribution is 5.88. The van der Waals surface area contributed by atoms with Crippen molar-refractivity contribution >= 4 is 11.7 Å². The number of hydrogen-bond acceptors (Lipinski definition) is 4. The Morgan fingerprint density at radius 2 is 2.38 bits per heavy atom. The molecule has 0 saturated carbocycles.